The molecule has 0 bridgehead atoms. The standard InChI is InChI=1S/C25H29ClN4O4/c1-34-13-10-27-23(31)16-29-15-18-6-2-3-7-22(18)30(17-24(29)32)25(33)20-9-8-19(14-21(20)26)28-11-4-5-12-28/h2-3,6-9,14H,4-5,10-13,15-17H2,1H3,(H,27,31). The van der Waals surface area contributed by atoms with Gasteiger partial charge < -0.3 is 19.9 Å². The third-order valence-corrected chi connectivity index (χ3v) is 6.46. The van der Waals surface area contributed by atoms with Crippen molar-refractivity contribution in [2.45, 2.75) is 19.4 Å². The van der Waals surface area contributed by atoms with Crippen molar-refractivity contribution in [1.82, 2.24) is 10.2 Å². The molecule has 0 spiro atoms. The number of para-hydroxylation sites is 1. The van der Waals surface area contributed by atoms with Crippen LogP contribution in [0.3, 0.4) is 0 Å². The molecule has 2 aliphatic rings. The number of carbonyl (C=O) groups is 3. The smallest absolute Gasteiger partial charge is 0.260 e. The molecule has 1 N–H and O–H groups in total. The number of benzene rings is 2. The number of carbonyl (C=O) groups excluding carboxylic acids is 3. The zero-order valence-corrected chi connectivity index (χ0v) is 20.0. The van der Waals surface area contributed by atoms with Crippen molar-refractivity contribution < 1.29 is 19.1 Å². The number of nitrogens with one attached hydrogen (secondary N) is 1. The fraction of sp³-hybridized carbons (Fsp3) is 0.400. The predicted molar refractivity (Wildman–Crippen MR) is 131 cm³/mol. The van der Waals surface area contributed by atoms with E-state index >= 15 is 0 Å². The molecule has 2 aromatic carbocycles. The maximum atomic E-state index is 13.6. The van der Waals surface area contributed by atoms with E-state index in [1.807, 2.05) is 36.4 Å². The van der Waals surface area contributed by atoms with E-state index in [0.717, 1.165) is 37.2 Å². The number of anilines is 2. The zero-order valence-electron chi connectivity index (χ0n) is 19.3. The van der Waals surface area contributed by atoms with Gasteiger partial charge in [0.2, 0.25) is 11.8 Å². The summed E-state index contributed by atoms with van der Waals surface area (Å²) in [5.74, 6) is -0.926. The van der Waals surface area contributed by atoms with Gasteiger partial charge in [0.15, 0.2) is 0 Å². The van der Waals surface area contributed by atoms with Crippen LogP contribution in [0.25, 0.3) is 0 Å². The number of fused-ring (bicyclic) bond motifs is 1. The maximum Gasteiger partial charge on any atom is 0.260 e. The van der Waals surface area contributed by atoms with Gasteiger partial charge >= 0.3 is 0 Å². The molecule has 2 aromatic rings. The van der Waals surface area contributed by atoms with Gasteiger partial charge in [-0.05, 0) is 42.7 Å². The molecule has 180 valence electrons. The molecular weight excluding hydrogens is 456 g/mol. The van der Waals surface area contributed by atoms with Crippen LogP contribution in [-0.2, 0) is 20.9 Å². The molecular formula is C25H29ClN4O4. The van der Waals surface area contributed by atoms with E-state index < -0.39 is 0 Å². The first-order valence-corrected chi connectivity index (χ1v) is 11.8. The Balaban J connectivity index is 1.56. The summed E-state index contributed by atoms with van der Waals surface area (Å²) < 4.78 is 4.95. The first-order chi connectivity index (χ1) is 16.5. The molecule has 1 saturated heterocycles. The zero-order chi connectivity index (χ0) is 24.1. The lowest BCUT2D eigenvalue weighted by Crippen LogP contribution is -2.44. The lowest BCUT2D eigenvalue weighted by Gasteiger charge is -2.24. The molecule has 0 aromatic heterocycles. The van der Waals surface area contributed by atoms with Crippen LogP contribution in [0, 0.1) is 0 Å². The Morgan fingerprint density at radius 2 is 1.85 bits per heavy atom. The molecule has 3 amide bonds. The number of hydrogen-bond donors (Lipinski definition) is 1. The molecule has 34 heavy (non-hydrogen) atoms. The summed E-state index contributed by atoms with van der Waals surface area (Å²) in [6.45, 7) is 2.68. The number of ether oxygens (including phenoxy) is 1. The first-order valence-electron chi connectivity index (χ1n) is 11.5. The van der Waals surface area contributed by atoms with Crippen LogP contribution in [0.4, 0.5) is 11.4 Å². The minimum Gasteiger partial charge on any atom is -0.383 e. The normalized spacial score (nSPS) is 15.8. The van der Waals surface area contributed by atoms with Crippen LogP contribution >= 0.6 is 11.6 Å². The van der Waals surface area contributed by atoms with Gasteiger partial charge in [0.1, 0.15) is 6.54 Å². The Labute approximate surface area is 204 Å². The number of hydrogen-bond acceptors (Lipinski definition) is 5. The van der Waals surface area contributed by atoms with Crippen molar-refractivity contribution in [2.24, 2.45) is 0 Å². The van der Waals surface area contributed by atoms with Crippen LogP contribution in [0.1, 0.15) is 28.8 Å². The summed E-state index contributed by atoms with van der Waals surface area (Å²) in [6.07, 6.45) is 2.29. The second kappa shape index (κ2) is 10.9. The molecule has 1 fully saturated rings. The second-order valence-electron chi connectivity index (χ2n) is 8.47. The highest BCUT2D eigenvalue weighted by Crippen LogP contribution is 2.31. The van der Waals surface area contributed by atoms with Crippen LogP contribution in [0.15, 0.2) is 42.5 Å². The fourth-order valence-corrected chi connectivity index (χ4v) is 4.62. The minimum atomic E-state index is -0.342. The quantitative estimate of drug-likeness (QED) is 0.611. The lowest BCUT2D eigenvalue weighted by atomic mass is 10.1. The van der Waals surface area contributed by atoms with Gasteiger partial charge in [-0.3, -0.25) is 19.3 Å². The molecule has 8 nitrogen and oxygen atoms in total. The SMILES string of the molecule is COCCNC(=O)CN1Cc2ccccc2N(C(=O)c2ccc(N3CCCC3)cc2Cl)CC1=O. The Kier molecular flexibility index (Phi) is 7.70. The van der Waals surface area contributed by atoms with Crippen LogP contribution < -0.4 is 15.1 Å². The molecule has 0 saturated carbocycles. The van der Waals surface area contributed by atoms with E-state index in [1.54, 1.807) is 13.2 Å². The van der Waals surface area contributed by atoms with E-state index in [0.29, 0.717) is 29.4 Å². The molecule has 2 heterocycles. The molecule has 0 aliphatic carbocycles. The topological polar surface area (TPSA) is 82.2 Å². The summed E-state index contributed by atoms with van der Waals surface area (Å²) in [5, 5.41) is 3.09. The summed E-state index contributed by atoms with van der Waals surface area (Å²) in [6, 6.07) is 12.8. The second-order valence-corrected chi connectivity index (χ2v) is 8.88. The van der Waals surface area contributed by atoms with Crippen molar-refractivity contribution in [3.63, 3.8) is 0 Å². The number of methoxy groups -OCH3 is 1. The summed E-state index contributed by atoms with van der Waals surface area (Å²) >= 11 is 6.55. The highest BCUT2D eigenvalue weighted by molar-refractivity contribution is 6.35. The number of rotatable bonds is 7. The van der Waals surface area contributed by atoms with Gasteiger partial charge in [-0.2, -0.15) is 0 Å². The van der Waals surface area contributed by atoms with Gasteiger partial charge in [0, 0.05) is 44.7 Å². The summed E-state index contributed by atoms with van der Waals surface area (Å²) in [5.41, 5.74) is 2.77. The van der Waals surface area contributed by atoms with Gasteiger partial charge in [-0.1, -0.05) is 29.8 Å². The Hall–Kier alpha value is -3.10. The van der Waals surface area contributed by atoms with E-state index in [9.17, 15) is 14.4 Å². The van der Waals surface area contributed by atoms with E-state index in [2.05, 4.69) is 10.2 Å². The van der Waals surface area contributed by atoms with Crippen molar-refractivity contribution in [3.05, 3.63) is 58.6 Å². The monoisotopic (exact) mass is 484 g/mol. The molecule has 4 rings (SSSR count). The van der Waals surface area contributed by atoms with E-state index in [-0.39, 0.29) is 37.4 Å². The highest BCUT2D eigenvalue weighted by Gasteiger charge is 2.31. The molecule has 0 radical (unpaired) electrons. The average molecular weight is 485 g/mol. The van der Waals surface area contributed by atoms with E-state index in [1.165, 1.54) is 9.80 Å². The predicted octanol–water partition coefficient (Wildman–Crippen LogP) is 2.69. The molecule has 0 unspecified atom stereocenters. The van der Waals surface area contributed by atoms with Gasteiger partial charge in [-0.25, -0.2) is 0 Å². The minimum absolute atomic E-state index is 0.0931. The number of nitrogens with zero attached hydrogens (tertiary/aromatic N) is 3. The number of halogens is 1. The third kappa shape index (κ3) is 5.34. The summed E-state index contributed by atoms with van der Waals surface area (Å²) in [7, 11) is 1.55. The lowest BCUT2D eigenvalue weighted by molar-refractivity contribution is -0.135. The Bertz CT molecular complexity index is 1070. The van der Waals surface area contributed by atoms with Crippen LogP contribution in [-0.4, -0.2) is 69.1 Å². The van der Waals surface area contributed by atoms with E-state index in [4.69, 9.17) is 16.3 Å². The van der Waals surface area contributed by atoms with Crippen molar-refractivity contribution in [2.75, 3.05) is 56.2 Å². The van der Waals surface area contributed by atoms with Crippen LogP contribution in [0.2, 0.25) is 5.02 Å². The molecule has 0 atom stereocenters. The third-order valence-electron chi connectivity index (χ3n) is 6.15. The van der Waals surface area contributed by atoms with Crippen LogP contribution in [0.5, 0.6) is 0 Å². The van der Waals surface area contributed by atoms with Crippen molar-refractivity contribution in [3.8, 4) is 0 Å². The maximum absolute atomic E-state index is 13.6. The number of amides is 3. The largest absolute Gasteiger partial charge is 0.383 e. The Morgan fingerprint density at radius 3 is 2.59 bits per heavy atom. The van der Waals surface area contributed by atoms with Gasteiger partial charge in [0.25, 0.3) is 5.91 Å². The average Bonchev–Trinajstić information content (AvgIpc) is 3.33. The summed E-state index contributed by atoms with van der Waals surface area (Å²) in [4.78, 5) is 44.2. The Morgan fingerprint density at radius 1 is 1.09 bits per heavy atom. The molecule has 2 aliphatic heterocycles. The van der Waals surface area contributed by atoms with Crippen molar-refractivity contribution in [1.29, 1.82) is 0 Å². The first kappa shape index (κ1) is 24.0. The van der Waals surface area contributed by atoms with Gasteiger partial charge in [-0.15, -0.1) is 0 Å². The fourth-order valence-electron chi connectivity index (χ4n) is 4.36. The van der Waals surface area contributed by atoms with Gasteiger partial charge in [0.05, 0.1) is 23.7 Å². The van der Waals surface area contributed by atoms with Crippen molar-refractivity contribution >= 4 is 40.7 Å². The highest BCUT2D eigenvalue weighted by atomic mass is 35.5. The molecule has 9 heteroatoms.